The minimum absolute atomic E-state index is 0.567. The van der Waals surface area contributed by atoms with Gasteiger partial charge in [0, 0.05) is 38.4 Å². The number of hydrogen-bond donors (Lipinski definition) is 0. The molecule has 14 rings (SSSR count). The van der Waals surface area contributed by atoms with E-state index < -0.39 is 0 Å². The van der Waals surface area contributed by atoms with Crippen LogP contribution in [0, 0.1) is 0 Å². The zero-order valence-corrected chi connectivity index (χ0v) is 36.8. The fraction of sp³-hybridized carbons (Fsp3) is 0. The van der Waals surface area contributed by atoms with Crippen molar-refractivity contribution in [1.29, 1.82) is 0 Å². The van der Waals surface area contributed by atoms with Gasteiger partial charge in [-0.3, -0.25) is 4.57 Å². The molecule has 5 heteroatoms. The van der Waals surface area contributed by atoms with E-state index in [4.69, 9.17) is 15.0 Å². The maximum absolute atomic E-state index is 5.27. The summed E-state index contributed by atoms with van der Waals surface area (Å²) in [5, 5.41) is 12.3. The zero-order chi connectivity index (χ0) is 44.7. The monoisotopic (exact) mass is 865 g/mol. The summed E-state index contributed by atoms with van der Waals surface area (Å²) in [6.07, 6.45) is 0. The van der Waals surface area contributed by atoms with Crippen LogP contribution in [0.5, 0.6) is 0 Å². The molecule has 0 bridgehead atoms. The first-order valence-electron chi connectivity index (χ1n) is 23.1. The molecule has 11 aromatic carbocycles. The van der Waals surface area contributed by atoms with E-state index in [0.29, 0.717) is 17.6 Å². The molecule has 0 unspecified atom stereocenters. The molecule has 0 aliphatic rings. The third-order valence-electron chi connectivity index (χ3n) is 13.8. The SMILES string of the molecule is c1ccc(-c2nc(-c3ccccc3)nc(-n3c4ccccc4c4ccc5c6ccccc6n(-c6ccc(-c7ccc(-c8ccc9c%10ccccc%10c%10ccccc%10c9c8)cc7)cc6)c5c43)n2)cc1. The van der Waals surface area contributed by atoms with Crippen molar-refractivity contribution in [3.05, 3.63) is 237 Å². The van der Waals surface area contributed by atoms with Crippen molar-refractivity contribution in [2.75, 3.05) is 0 Å². The molecule has 5 nitrogen and oxygen atoms in total. The fourth-order valence-electron chi connectivity index (χ4n) is 10.6. The highest BCUT2D eigenvalue weighted by atomic mass is 15.2. The molecule has 3 aromatic heterocycles. The molecule has 3 heterocycles. The van der Waals surface area contributed by atoms with Crippen LogP contribution in [0.1, 0.15) is 0 Å². The van der Waals surface area contributed by atoms with Gasteiger partial charge in [0.1, 0.15) is 0 Å². The number of para-hydroxylation sites is 2. The Hall–Kier alpha value is -9.19. The predicted molar refractivity (Wildman–Crippen MR) is 283 cm³/mol. The van der Waals surface area contributed by atoms with Crippen molar-refractivity contribution in [2.24, 2.45) is 0 Å². The van der Waals surface area contributed by atoms with Gasteiger partial charge in [-0.25, -0.2) is 4.98 Å². The van der Waals surface area contributed by atoms with E-state index in [-0.39, 0.29) is 0 Å². The Kier molecular flexibility index (Phi) is 8.52. The summed E-state index contributed by atoms with van der Waals surface area (Å²) in [4.78, 5) is 15.6. The van der Waals surface area contributed by atoms with E-state index in [9.17, 15) is 0 Å². The van der Waals surface area contributed by atoms with E-state index in [0.717, 1.165) is 60.6 Å². The Morgan fingerprint density at radius 1 is 0.235 bits per heavy atom. The van der Waals surface area contributed by atoms with Crippen LogP contribution >= 0.6 is 0 Å². The molecule has 0 radical (unpaired) electrons. The minimum atomic E-state index is 0.567. The van der Waals surface area contributed by atoms with Gasteiger partial charge in [-0.1, -0.05) is 206 Å². The molecule has 0 amide bonds. The van der Waals surface area contributed by atoms with Crippen LogP contribution in [0.2, 0.25) is 0 Å². The molecule has 0 aliphatic carbocycles. The van der Waals surface area contributed by atoms with Crippen molar-refractivity contribution >= 4 is 75.9 Å². The van der Waals surface area contributed by atoms with Gasteiger partial charge in [-0.2, -0.15) is 9.97 Å². The Morgan fingerprint density at radius 2 is 0.603 bits per heavy atom. The molecule has 0 atom stereocenters. The Morgan fingerprint density at radius 3 is 1.13 bits per heavy atom. The highest BCUT2D eigenvalue weighted by Crippen LogP contribution is 2.42. The lowest BCUT2D eigenvalue weighted by Gasteiger charge is -2.14. The third kappa shape index (κ3) is 5.93. The lowest BCUT2D eigenvalue weighted by atomic mass is 9.92. The molecule has 68 heavy (non-hydrogen) atoms. The van der Waals surface area contributed by atoms with Crippen molar-refractivity contribution in [3.8, 4) is 56.7 Å². The second-order valence-corrected chi connectivity index (χ2v) is 17.6. The van der Waals surface area contributed by atoms with E-state index >= 15 is 0 Å². The molecular formula is C63H39N5. The molecule has 0 fully saturated rings. The predicted octanol–water partition coefficient (Wildman–Crippen LogP) is 16.2. The maximum atomic E-state index is 5.27. The van der Waals surface area contributed by atoms with Crippen molar-refractivity contribution in [1.82, 2.24) is 24.1 Å². The Bertz CT molecular complexity index is 4190. The van der Waals surface area contributed by atoms with Gasteiger partial charge < -0.3 is 4.57 Å². The van der Waals surface area contributed by atoms with Gasteiger partial charge in [-0.15, -0.1) is 0 Å². The number of hydrogen-bond acceptors (Lipinski definition) is 3. The van der Waals surface area contributed by atoms with Gasteiger partial charge in [0.15, 0.2) is 11.6 Å². The average Bonchev–Trinajstić information content (AvgIpc) is 3.94. The molecule has 0 saturated heterocycles. The van der Waals surface area contributed by atoms with Crippen LogP contribution in [0.25, 0.3) is 133 Å². The molecule has 0 N–H and O–H groups in total. The van der Waals surface area contributed by atoms with Crippen LogP contribution in [-0.4, -0.2) is 24.1 Å². The maximum Gasteiger partial charge on any atom is 0.238 e. The van der Waals surface area contributed by atoms with Crippen molar-refractivity contribution in [2.45, 2.75) is 0 Å². The Labute approximate surface area is 391 Å². The number of rotatable bonds is 6. The van der Waals surface area contributed by atoms with E-state index in [1.54, 1.807) is 0 Å². The van der Waals surface area contributed by atoms with E-state index in [1.165, 1.54) is 54.4 Å². The molecule has 0 saturated carbocycles. The third-order valence-corrected chi connectivity index (χ3v) is 13.8. The average molecular weight is 866 g/mol. The standard InChI is InChI=1S/C63H39N5/c1-3-15-43(16-4-1)61-64-62(44-17-5-2-6-18-44)66-63(65-61)68-58-26-14-12-24-53(58)55-38-37-54-52-23-11-13-25-57(52)67(59(54)60(55)68)46-34-31-41(32-35-46)40-27-29-42(30-28-40)45-33-36-51-49-21-8-7-19-47(49)48-20-9-10-22-50(48)56(51)39-45/h1-39H. The summed E-state index contributed by atoms with van der Waals surface area (Å²) in [5.41, 5.74) is 11.9. The largest absolute Gasteiger partial charge is 0.307 e. The lowest BCUT2D eigenvalue weighted by molar-refractivity contribution is 0.953. The summed E-state index contributed by atoms with van der Waals surface area (Å²) >= 11 is 0. The first kappa shape index (κ1) is 38.1. The zero-order valence-electron chi connectivity index (χ0n) is 36.8. The number of fused-ring (bicyclic) bond motifs is 13. The molecule has 316 valence electrons. The highest BCUT2D eigenvalue weighted by Gasteiger charge is 2.23. The van der Waals surface area contributed by atoms with Gasteiger partial charge >= 0.3 is 0 Å². The van der Waals surface area contributed by atoms with Crippen LogP contribution in [0.15, 0.2) is 237 Å². The minimum Gasteiger partial charge on any atom is -0.307 e. The molecule has 14 aromatic rings. The smallest absolute Gasteiger partial charge is 0.238 e. The van der Waals surface area contributed by atoms with E-state index in [1.807, 2.05) is 36.4 Å². The normalized spacial score (nSPS) is 11.8. The van der Waals surface area contributed by atoms with Crippen LogP contribution in [0.3, 0.4) is 0 Å². The van der Waals surface area contributed by atoms with Gasteiger partial charge in [0.25, 0.3) is 0 Å². The second kappa shape index (κ2) is 15.2. The lowest BCUT2D eigenvalue weighted by Crippen LogP contribution is -2.07. The number of benzene rings is 11. The molecule has 0 aliphatic heterocycles. The van der Waals surface area contributed by atoms with Crippen molar-refractivity contribution in [3.63, 3.8) is 0 Å². The summed E-state index contributed by atoms with van der Waals surface area (Å²) in [6, 6.07) is 84.7. The highest BCUT2D eigenvalue weighted by molar-refractivity contribution is 6.26. The quantitative estimate of drug-likeness (QED) is 0.156. The molecule has 0 spiro atoms. The second-order valence-electron chi connectivity index (χ2n) is 17.6. The Balaban J connectivity index is 0.914. The van der Waals surface area contributed by atoms with Crippen molar-refractivity contribution < 1.29 is 0 Å². The first-order chi connectivity index (χ1) is 33.7. The van der Waals surface area contributed by atoms with Gasteiger partial charge in [0.2, 0.25) is 5.95 Å². The van der Waals surface area contributed by atoms with Crippen LogP contribution < -0.4 is 0 Å². The molecular weight excluding hydrogens is 827 g/mol. The first-order valence-corrected chi connectivity index (χ1v) is 23.1. The number of nitrogens with zero attached hydrogens (tertiary/aromatic N) is 5. The summed E-state index contributed by atoms with van der Waals surface area (Å²) < 4.78 is 4.67. The van der Waals surface area contributed by atoms with Gasteiger partial charge in [0.05, 0.1) is 22.1 Å². The van der Waals surface area contributed by atoms with E-state index in [2.05, 4.69) is 209 Å². The summed E-state index contributed by atoms with van der Waals surface area (Å²) in [5.74, 6) is 1.81. The van der Waals surface area contributed by atoms with Crippen LogP contribution in [-0.2, 0) is 0 Å². The number of aromatic nitrogens is 5. The topological polar surface area (TPSA) is 48.5 Å². The summed E-state index contributed by atoms with van der Waals surface area (Å²) in [7, 11) is 0. The van der Waals surface area contributed by atoms with Gasteiger partial charge in [-0.05, 0) is 84.9 Å². The van der Waals surface area contributed by atoms with Crippen LogP contribution in [0.4, 0.5) is 0 Å². The fourth-order valence-corrected chi connectivity index (χ4v) is 10.6. The summed E-state index contributed by atoms with van der Waals surface area (Å²) in [6.45, 7) is 0.